The van der Waals surface area contributed by atoms with Crippen molar-refractivity contribution < 1.29 is 22.7 Å². The first-order valence-electron chi connectivity index (χ1n) is 4.74. The van der Waals surface area contributed by atoms with Gasteiger partial charge in [0.15, 0.2) is 6.61 Å². The fourth-order valence-electron chi connectivity index (χ4n) is 1.14. The quantitative estimate of drug-likeness (QED) is 0.691. The third-order valence-electron chi connectivity index (χ3n) is 1.83. The van der Waals surface area contributed by atoms with Crippen LogP contribution in [-0.4, -0.2) is 27.0 Å². The van der Waals surface area contributed by atoms with E-state index in [4.69, 9.17) is 27.2 Å². The Morgan fingerprint density at radius 3 is 2.53 bits per heavy atom. The zero-order chi connectivity index (χ0) is 14.6. The molecule has 1 rings (SSSR count). The summed E-state index contributed by atoms with van der Waals surface area (Å²) < 4.78 is 27.5. The molecule has 3 amide bonds. The summed E-state index contributed by atoms with van der Waals surface area (Å²) in [5.74, 6) is -0.991. The maximum Gasteiger partial charge on any atom is 0.318 e. The fourth-order valence-corrected chi connectivity index (χ4v) is 2.08. The van der Waals surface area contributed by atoms with Crippen LogP contribution in [0.15, 0.2) is 23.1 Å². The number of nitrogens with one attached hydrogen (secondary N) is 1. The fraction of sp³-hybridized carbons (Fsp3) is 0.111. The molecule has 0 atom stereocenters. The summed E-state index contributed by atoms with van der Waals surface area (Å²) in [7, 11) is -4.06. The summed E-state index contributed by atoms with van der Waals surface area (Å²) >= 11 is 5.64. The Hall–Kier alpha value is -1.84. The van der Waals surface area contributed by atoms with Crippen molar-refractivity contribution in [3.05, 3.63) is 23.2 Å². The first-order chi connectivity index (χ1) is 8.70. The number of imide groups is 1. The smallest absolute Gasteiger partial charge is 0.318 e. The lowest BCUT2D eigenvalue weighted by Gasteiger charge is -2.09. The minimum Gasteiger partial charge on any atom is -0.482 e. The molecular weight excluding hydrogens is 298 g/mol. The molecule has 8 nitrogen and oxygen atoms in total. The van der Waals surface area contributed by atoms with Crippen LogP contribution in [0.4, 0.5) is 4.79 Å². The summed E-state index contributed by atoms with van der Waals surface area (Å²) in [6.45, 7) is -0.604. The predicted molar refractivity (Wildman–Crippen MR) is 66.0 cm³/mol. The third-order valence-corrected chi connectivity index (χ3v) is 3.00. The second kappa shape index (κ2) is 5.87. The van der Waals surface area contributed by atoms with Crippen LogP contribution in [0.5, 0.6) is 5.75 Å². The first kappa shape index (κ1) is 15.2. The second-order valence-electron chi connectivity index (χ2n) is 3.34. The first-order valence-corrected chi connectivity index (χ1v) is 6.67. The van der Waals surface area contributed by atoms with Crippen molar-refractivity contribution in [2.75, 3.05) is 6.61 Å². The Morgan fingerprint density at radius 2 is 2.00 bits per heavy atom. The van der Waals surface area contributed by atoms with E-state index in [1.807, 2.05) is 0 Å². The van der Waals surface area contributed by atoms with Crippen molar-refractivity contribution in [2.45, 2.75) is 4.90 Å². The van der Waals surface area contributed by atoms with E-state index in [0.29, 0.717) is 0 Å². The van der Waals surface area contributed by atoms with Crippen molar-refractivity contribution in [2.24, 2.45) is 10.9 Å². The van der Waals surface area contributed by atoms with Crippen molar-refractivity contribution >= 4 is 33.6 Å². The van der Waals surface area contributed by atoms with Gasteiger partial charge in [-0.1, -0.05) is 11.6 Å². The van der Waals surface area contributed by atoms with E-state index in [-0.39, 0.29) is 15.7 Å². The lowest BCUT2D eigenvalue weighted by molar-refractivity contribution is -0.122. The van der Waals surface area contributed by atoms with E-state index in [2.05, 4.69) is 0 Å². The van der Waals surface area contributed by atoms with E-state index >= 15 is 0 Å². The summed E-state index contributed by atoms with van der Waals surface area (Å²) in [4.78, 5) is 21.1. The molecule has 0 aliphatic heterocycles. The van der Waals surface area contributed by atoms with Gasteiger partial charge in [0.05, 0.1) is 0 Å². The molecule has 0 radical (unpaired) electrons. The number of ether oxygens (including phenoxy) is 1. The van der Waals surface area contributed by atoms with Gasteiger partial charge in [-0.2, -0.15) is 0 Å². The Labute approximate surface area is 113 Å². The van der Waals surface area contributed by atoms with E-state index in [1.165, 1.54) is 12.1 Å². The zero-order valence-electron chi connectivity index (χ0n) is 9.42. The van der Waals surface area contributed by atoms with Crippen LogP contribution in [0.2, 0.25) is 5.02 Å². The SMILES string of the molecule is NC(=O)NC(=O)COc1ccc(Cl)cc1S(N)(=O)=O. The minimum atomic E-state index is -4.06. The number of nitrogens with two attached hydrogens (primary N) is 2. The number of benzene rings is 1. The molecule has 0 unspecified atom stereocenters. The molecule has 0 heterocycles. The number of sulfonamides is 1. The lowest BCUT2D eigenvalue weighted by atomic mass is 10.3. The van der Waals surface area contributed by atoms with E-state index in [1.54, 1.807) is 5.32 Å². The van der Waals surface area contributed by atoms with E-state index in [9.17, 15) is 18.0 Å². The third kappa shape index (κ3) is 4.73. The highest BCUT2D eigenvalue weighted by atomic mass is 35.5. The molecule has 0 saturated heterocycles. The summed E-state index contributed by atoms with van der Waals surface area (Å²) in [5, 5.41) is 6.86. The number of urea groups is 1. The Morgan fingerprint density at radius 1 is 1.37 bits per heavy atom. The van der Waals surface area contributed by atoms with Crippen molar-refractivity contribution in [1.29, 1.82) is 0 Å². The van der Waals surface area contributed by atoms with Gasteiger partial charge in [-0.25, -0.2) is 18.4 Å². The summed E-state index contributed by atoms with van der Waals surface area (Å²) in [5.41, 5.74) is 4.72. The molecule has 0 spiro atoms. The molecule has 104 valence electrons. The van der Waals surface area contributed by atoms with E-state index < -0.39 is 28.6 Å². The highest BCUT2D eigenvalue weighted by Gasteiger charge is 2.17. The van der Waals surface area contributed by atoms with Crippen LogP contribution in [-0.2, 0) is 14.8 Å². The number of rotatable bonds is 4. The van der Waals surface area contributed by atoms with Crippen LogP contribution < -0.4 is 20.9 Å². The molecule has 10 heteroatoms. The van der Waals surface area contributed by atoms with Gasteiger partial charge in [0.1, 0.15) is 10.6 Å². The molecule has 19 heavy (non-hydrogen) atoms. The topological polar surface area (TPSA) is 142 Å². The van der Waals surface area contributed by atoms with Crippen LogP contribution in [0.3, 0.4) is 0 Å². The molecule has 1 aromatic rings. The van der Waals surface area contributed by atoms with Gasteiger partial charge in [-0.3, -0.25) is 10.1 Å². The van der Waals surface area contributed by atoms with Gasteiger partial charge in [0.2, 0.25) is 10.0 Å². The second-order valence-corrected chi connectivity index (χ2v) is 5.30. The number of primary sulfonamides is 1. The van der Waals surface area contributed by atoms with Gasteiger partial charge in [-0.15, -0.1) is 0 Å². The summed E-state index contributed by atoms with van der Waals surface area (Å²) in [6.07, 6.45) is 0. The summed E-state index contributed by atoms with van der Waals surface area (Å²) in [6, 6.07) is 2.63. The number of halogens is 1. The standard InChI is InChI=1S/C9H10ClN3O5S/c10-5-1-2-6(7(3-5)19(12,16)17)18-4-8(14)13-9(11)15/h1-3H,4H2,(H2,12,16,17)(H3,11,13,14,15). The average molecular weight is 308 g/mol. The normalized spacial score (nSPS) is 10.8. The lowest BCUT2D eigenvalue weighted by Crippen LogP contribution is -2.38. The number of hydrogen-bond donors (Lipinski definition) is 3. The Balaban J connectivity index is 2.90. The number of primary amides is 1. The number of amides is 3. The largest absolute Gasteiger partial charge is 0.482 e. The Bertz CT molecular complexity index is 616. The average Bonchev–Trinajstić information content (AvgIpc) is 2.25. The van der Waals surface area contributed by atoms with Gasteiger partial charge >= 0.3 is 6.03 Å². The van der Waals surface area contributed by atoms with Crippen molar-refractivity contribution in [3.63, 3.8) is 0 Å². The molecular formula is C9H10ClN3O5S. The molecule has 5 N–H and O–H groups in total. The Kier molecular flexibility index (Phi) is 4.70. The maximum absolute atomic E-state index is 11.3. The van der Waals surface area contributed by atoms with E-state index in [0.717, 1.165) is 6.07 Å². The van der Waals surface area contributed by atoms with Crippen molar-refractivity contribution in [3.8, 4) is 5.75 Å². The van der Waals surface area contributed by atoms with Gasteiger partial charge < -0.3 is 10.5 Å². The molecule has 1 aromatic carbocycles. The zero-order valence-corrected chi connectivity index (χ0v) is 11.0. The highest BCUT2D eigenvalue weighted by molar-refractivity contribution is 7.89. The molecule has 0 bridgehead atoms. The number of hydrogen-bond acceptors (Lipinski definition) is 5. The minimum absolute atomic E-state index is 0.137. The van der Waals surface area contributed by atoms with Crippen LogP contribution in [0.1, 0.15) is 0 Å². The maximum atomic E-state index is 11.3. The monoisotopic (exact) mass is 307 g/mol. The predicted octanol–water partition coefficient (Wildman–Crippen LogP) is -0.439. The molecule has 0 fully saturated rings. The molecule has 0 aromatic heterocycles. The van der Waals surface area contributed by atoms with Gasteiger partial charge in [0.25, 0.3) is 5.91 Å². The van der Waals surface area contributed by atoms with Crippen LogP contribution >= 0.6 is 11.6 Å². The molecule has 0 aliphatic carbocycles. The van der Waals surface area contributed by atoms with Crippen LogP contribution in [0, 0.1) is 0 Å². The molecule has 0 aliphatic rings. The van der Waals surface area contributed by atoms with Gasteiger partial charge in [0, 0.05) is 5.02 Å². The number of carbonyl (C=O) groups excluding carboxylic acids is 2. The molecule has 0 saturated carbocycles. The van der Waals surface area contributed by atoms with Crippen molar-refractivity contribution in [1.82, 2.24) is 5.32 Å². The highest BCUT2D eigenvalue weighted by Crippen LogP contribution is 2.26. The number of carbonyl (C=O) groups is 2. The van der Waals surface area contributed by atoms with Crippen LogP contribution in [0.25, 0.3) is 0 Å². The van der Waals surface area contributed by atoms with Gasteiger partial charge in [-0.05, 0) is 18.2 Å².